The summed E-state index contributed by atoms with van der Waals surface area (Å²) in [6.07, 6.45) is -1.66. The number of aryl methyl sites for hydroxylation is 2. The summed E-state index contributed by atoms with van der Waals surface area (Å²) in [6, 6.07) is 9.96. The third kappa shape index (κ3) is 3.61. The summed E-state index contributed by atoms with van der Waals surface area (Å²) in [4.78, 5) is 21.1. The molecule has 3 aromatic heterocycles. The van der Waals surface area contributed by atoms with Gasteiger partial charge in [0.2, 0.25) is 0 Å². The molecule has 9 heteroatoms. The average Bonchev–Trinajstić information content (AvgIpc) is 3.13. The molecule has 0 fully saturated rings. The maximum absolute atomic E-state index is 13.4. The Morgan fingerprint density at radius 3 is 2.53 bits per heavy atom. The molecular weight excluding hydrogens is 395 g/mol. The van der Waals surface area contributed by atoms with Crippen LogP contribution < -0.4 is 5.32 Å². The molecule has 1 N–H and O–H groups in total. The van der Waals surface area contributed by atoms with E-state index in [4.69, 9.17) is 0 Å². The van der Waals surface area contributed by atoms with E-state index >= 15 is 0 Å². The van der Waals surface area contributed by atoms with Crippen LogP contribution >= 0.6 is 0 Å². The highest BCUT2D eigenvalue weighted by atomic mass is 19.4. The fourth-order valence-electron chi connectivity index (χ4n) is 3.14. The molecule has 0 saturated carbocycles. The predicted molar refractivity (Wildman–Crippen MR) is 105 cm³/mol. The van der Waals surface area contributed by atoms with E-state index in [1.165, 1.54) is 41.0 Å². The number of halogens is 3. The molecule has 1 aromatic carbocycles. The molecule has 0 radical (unpaired) electrons. The van der Waals surface area contributed by atoms with E-state index in [-0.39, 0.29) is 17.0 Å². The number of amides is 1. The third-order valence-corrected chi connectivity index (χ3v) is 4.60. The largest absolute Gasteiger partial charge is 0.417 e. The average molecular weight is 411 g/mol. The number of rotatable bonds is 3. The topological polar surface area (TPSA) is 72.2 Å². The minimum atomic E-state index is -4.53. The molecule has 152 valence electrons. The normalized spacial score (nSPS) is 11.6. The van der Waals surface area contributed by atoms with Crippen LogP contribution in [-0.2, 0) is 6.18 Å². The van der Waals surface area contributed by atoms with Crippen molar-refractivity contribution >= 4 is 17.2 Å². The number of hydrogen-bond acceptors (Lipinski definition) is 4. The number of nitrogens with zero attached hydrogens (tertiary/aromatic N) is 4. The monoisotopic (exact) mass is 411 g/mol. The maximum Gasteiger partial charge on any atom is 0.417 e. The number of carbonyl (C=O) groups excluding carboxylic acids is 1. The summed E-state index contributed by atoms with van der Waals surface area (Å²) >= 11 is 0. The van der Waals surface area contributed by atoms with Crippen molar-refractivity contribution in [1.82, 2.24) is 19.6 Å². The molecule has 0 bridgehead atoms. The number of anilines is 1. The van der Waals surface area contributed by atoms with Crippen LogP contribution in [0, 0.1) is 13.8 Å². The van der Waals surface area contributed by atoms with Crippen molar-refractivity contribution in [3.8, 4) is 11.3 Å². The van der Waals surface area contributed by atoms with Crippen molar-refractivity contribution < 1.29 is 18.0 Å². The van der Waals surface area contributed by atoms with Gasteiger partial charge in [-0.3, -0.25) is 9.78 Å². The first kappa shape index (κ1) is 19.6. The zero-order valence-corrected chi connectivity index (χ0v) is 16.0. The van der Waals surface area contributed by atoms with Gasteiger partial charge in [0, 0.05) is 11.3 Å². The smallest absolute Gasteiger partial charge is 0.319 e. The molecule has 1 amide bonds. The highest BCUT2D eigenvalue weighted by Crippen LogP contribution is 2.36. The molecule has 0 spiro atoms. The summed E-state index contributed by atoms with van der Waals surface area (Å²) in [7, 11) is 0. The summed E-state index contributed by atoms with van der Waals surface area (Å²) in [5, 5.41) is 7.00. The predicted octanol–water partition coefficient (Wildman–Crippen LogP) is 4.68. The van der Waals surface area contributed by atoms with Gasteiger partial charge in [0.1, 0.15) is 0 Å². The van der Waals surface area contributed by atoms with Crippen molar-refractivity contribution in [2.75, 3.05) is 5.32 Å². The highest BCUT2D eigenvalue weighted by molar-refractivity contribution is 6.03. The van der Waals surface area contributed by atoms with Gasteiger partial charge in [0.15, 0.2) is 11.3 Å². The molecule has 0 atom stereocenters. The van der Waals surface area contributed by atoms with Crippen LogP contribution in [0.25, 0.3) is 16.9 Å². The Hall–Kier alpha value is -3.75. The minimum absolute atomic E-state index is 0.0782. The van der Waals surface area contributed by atoms with Crippen LogP contribution in [0.4, 0.5) is 18.9 Å². The first-order valence-corrected chi connectivity index (χ1v) is 9.00. The first-order chi connectivity index (χ1) is 14.2. The lowest BCUT2D eigenvalue weighted by atomic mass is 10.0. The number of imidazole rings is 1. The number of benzene rings is 1. The van der Waals surface area contributed by atoms with E-state index < -0.39 is 17.6 Å². The van der Waals surface area contributed by atoms with Crippen molar-refractivity contribution in [1.29, 1.82) is 0 Å². The molecule has 4 aromatic rings. The number of aromatic nitrogens is 4. The second kappa shape index (κ2) is 7.25. The third-order valence-electron chi connectivity index (χ3n) is 4.60. The van der Waals surface area contributed by atoms with Crippen LogP contribution in [0.2, 0.25) is 0 Å². The Balaban J connectivity index is 1.75. The molecule has 3 heterocycles. The van der Waals surface area contributed by atoms with Crippen molar-refractivity contribution in [3.05, 3.63) is 77.4 Å². The van der Waals surface area contributed by atoms with Crippen LogP contribution in [0.3, 0.4) is 0 Å². The zero-order chi connectivity index (χ0) is 21.5. The molecule has 4 rings (SSSR count). The van der Waals surface area contributed by atoms with Crippen LogP contribution in [0.5, 0.6) is 0 Å². The maximum atomic E-state index is 13.4. The lowest BCUT2D eigenvalue weighted by molar-refractivity contribution is -0.137. The van der Waals surface area contributed by atoms with E-state index in [1.807, 2.05) is 19.9 Å². The molecule has 0 aliphatic heterocycles. The molecule has 30 heavy (non-hydrogen) atoms. The van der Waals surface area contributed by atoms with Crippen LogP contribution in [0.1, 0.15) is 27.3 Å². The Morgan fingerprint density at radius 1 is 1.03 bits per heavy atom. The zero-order valence-electron chi connectivity index (χ0n) is 16.0. The molecule has 0 saturated heterocycles. The van der Waals surface area contributed by atoms with Crippen molar-refractivity contribution in [2.45, 2.75) is 20.0 Å². The standard InChI is InChI=1S/C21H16F3N5O/c1-12-9-13(2)25-10-17(12)27-20(30)18-11-26-19-8-7-16(28-29(18)19)14-5-3-4-6-15(14)21(22,23)24/h3-11H,1-2H3,(H,27,30). The Kier molecular flexibility index (Phi) is 4.73. The lowest BCUT2D eigenvalue weighted by Gasteiger charge is -2.12. The number of fused-ring (bicyclic) bond motifs is 1. The van der Waals surface area contributed by atoms with E-state index in [2.05, 4.69) is 20.4 Å². The summed E-state index contributed by atoms with van der Waals surface area (Å²) in [5.74, 6) is -0.495. The summed E-state index contributed by atoms with van der Waals surface area (Å²) in [5.41, 5.74) is 1.81. The number of pyridine rings is 1. The number of carbonyl (C=O) groups is 1. The lowest BCUT2D eigenvalue weighted by Crippen LogP contribution is -2.16. The molecule has 0 aliphatic carbocycles. The number of hydrogen-bond donors (Lipinski definition) is 1. The Morgan fingerprint density at radius 2 is 1.80 bits per heavy atom. The van der Waals surface area contributed by atoms with Crippen LogP contribution in [0.15, 0.2) is 54.9 Å². The Bertz CT molecular complexity index is 1260. The minimum Gasteiger partial charge on any atom is -0.319 e. The van der Waals surface area contributed by atoms with Gasteiger partial charge in [0.05, 0.1) is 29.3 Å². The molecule has 0 aliphatic rings. The van der Waals surface area contributed by atoms with E-state index in [1.54, 1.807) is 6.20 Å². The fourth-order valence-corrected chi connectivity index (χ4v) is 3.14. The number of nitrogens with one attached hydrogen (secondary N) is 1. The molecule has 6 nitrogen and oxygen atoms in total. The SMILES string of the molecule is Cc1cc(C)c(NC(=O)c2cnc3ccc(-c4ccccc4C(F)(F)F)nn23)cn1. The second-order valence-electron chi connectivity index (χ2n) is 6.77. The van der Waals surface area contributed by atoms with Gasteiger partial charge >= 0.3 is 6.18 Å². The van der Waals surface area contributed by atoms with E-state index in [0.29, 0.717) is 11.3 Å². The summed E-state index contributed by atoms with van der Waals surface area (Å²) in [6.45, 7) is 3.68. The van der Waals surface area contributed by atoms with Gasteiger partial charge in [-0.25, -0.2) is 9.50 Å². The van der Waals surface area contributed by atoms with Gasteiger partial charge in [-0.2, -0.15) is 18.3 Å². The molecular formula is C21H16F3N5O. The fraction of sp³-hybridized carbons (Fsp3) is 0.143. The molecule has 0 unspecified atom stereocenters. The van der Waals surface area contributed by atoms with Gasteiger partial charge in [-0.05, 0) is 43.7 Å². The highest BCUT2D eigenvalue weighted by Gasteiger charge is 2.33. The van der Waals surface area contributed by atoms with Gasteiger partial charge in [0.25, 0.3) is 5.91 Å². The van der Waals surface area contributed by atoms with Gasteiger partial charge in [-0.1, -0.05) is 18.2 Å². The van der Waals surface area contributed by atoms with Crippen LogP contribution in [-0.4, -0.2) is 25.5 Å². The van der Waals surface area contributed by atoms with E-state index in [9.17, 15) is 18.0 Å². The number of alkyl halides is 3. The first-order valence-electron chi connectivity index (χ1n) is 9.00. The van der Waals surface area contributed by atoms with Gasteiger partial charge < -0.3 is 5.32 Å². The van der Waals surface area contributed by atoms with Crippen molar-refractivity contribution in [3.63, 3.8) is 0 Å². The second-order valence-corrected chi connectivity index (χ2v) is 6.77. The van der Waals surface area contributed by atoms with Crippen molar-refractivity contribution in [2.24, 2.45) is 0 Å². The summed E-state index contributed by atoms with van der Waals surface area (Å²) < 4.78 is 41.4. The van der Waals surface area contributed by atoms with E-state index in [0.717, 1.165) is 17.3 Å². The van der Waals surface area contributed by atoms with Gasteiger partial charge in [-0.15, -0.1) is 0 Å². The quantitative estimate of drug-likeness (QED) is 0.531. The Labute approximate surface area is 169 Å².